The normalized spacial score (nSPS) is 12.3. The molecule has 0 saturated carbocycles. The largest absolute Gasteiger partial charge is 0.358 e. The van der Waals surface area contributed by atoms with Crippen molar-refractivity contribution in [1.82, 2.24) is 4.98 Å². The molecule has 0 aliphatic carbocycles. The zero-order valence-electron chi connectivity index (χ0n) is 9.81. The molecule has 80 valence electrons. The first-order chi connectivity index (χ1) is 6.89. The Morgan fingerprint density at radius 3 is 2.47 bits per heavy atom. The molecule has 1 aromatic carbocycles. The van der Waals surface area contributed by atoms with Gasteiger partial charge in [0.15, 0.2) is 0 Å². The van der Waals surface area contributed by atoms with Gasteiger partial charge in [0.1, 0.15) is 0 Å². The Labute approximate surface area is 90.5 Å². The lowest BCUT2D eigenvalue weighted by Gasteiger charge is -2.19. The highest BCUT2D eigenvalue weighted by Crippen LogP contribution is 2.30. The maximum absolute atomic E-state index is 6.19. The van der Waals surface area contributed by atoms with Crippen LogP contribution in [0, 0.1) is 13.8 Å². The summed E-state index contributed by atoms with van der Waals surface area (Å²) in [5.41, 5.74) is 10.7. The van der Waals surface area contributed by atoms with Gasteiger partial charge in [-0.3, -0.25) is 0 Å². The van der Waals surface area contributed by atoms with Gasteiger partial charge in [-0.25, -0.2) is 0 Å². The lowest BCUT2D eigenvalue weighted by atomic mass is 9.92. The van der Waals surface area contributed by atoms with Crippen LogP contribution >= 0.6 is 0 Å². The Morgan fingerprint density at radius 2 is 1.87 bits per heavy atom. The Morgan fingerprint density at radius 1 is 1.20 bits per heavy atom. The lowest BCUT2D eigenvalue weighted by molar-refractivity contribution is 0.555. The number of benzene rings is 1. The number of aromatic nitrogens is 1. The van der Waals surface area contributed by atoms with Gasteiger partial charge in [0.05, 0.1) is 0 Å². The van der Waals surface area contributed by atoms with Crippen LogP contribution in [-0.2, 0) is 5.54 Å². The van der Waals surface area contributed by atoms with Crippen LogP contribution < -0.4 is 5.73 Å². The Kier molecular flexibility index (Phi) is 2.12. The molecule has 0 amide bonds. The SMILES string of the molecule is Cc1ccc2c(C(C)(C)N)c(C)[nH]c2c1. The number of hydrogen-bond donors (Lipinski definition) is 2. The van der Waals surface area contributed by atoms with Crippen molar-refractivity contribution < 1.29 is 0 Å². The summed E-state index contributed by atoms with van der Waals surface area (Å²) in [5, 5.41) is 1.24. The third-order valence-corrected chi connectivity index (χ3v) is 2.79. The molecule has 0 radical (unpaired) electrons. The number of rotatable bonds is 1. The minimum absolute atomic E-state index is 0.294. The molecule has 0 saturated heterocycles. The van der Waals surface area contributed by atoms with Crippen molar-refractivity contribution >= 4 is 10.9 Å². The van der Waals surface area contributed by atoms with Gasteiger partial charge in [-0.1, -0.05) is 12.1 Å². The first-order valence-electron chi connectivity index (χ1n) is 5.28. The molecule has 0 spiro atoms. The summed E-state index contributed by atoms with van der Waals surface area (Å²) in [6.07, 6.45) is 0. The first-order valence-corrected chi connectivity index (χ1v) is 5.28. The monoisotopic (exact) mass is 202 g/mol. The zero-order valence-corrected chi connectivity index (χ0v) is 9.81. The van der Waals surface area contributed by atoms with Gasteiger partial charge >= 0.3 is 0 Å². The second kappa shape index (κ2) is 3.11. The predicted octanol–water partition coefficient (Wildman–Crippen LogP) is 2.98. The summed E-state index contributed by atoms with van der Waals surface area (Å²) in [5.74, 6) is 0. The fourth-order valence-corrected chi connectivity index (χ4v) is 2.28. The van der Waals surface area contributed by atoms with Crippen molar-refractivity contribution in [1.29, 1.82) is 0 Å². The van der Waals surface area contributed by atoms with Gasteiger partial charge in [0, 0.05) is 22.1 Å². The summed E-state index contributed by atoms with van der Waals surface area (Å²) >= 11 is 0. The van der Waals surface area contributed by atoms with Crippen molar-refractivity contribution in [3.8, 4) is 0 Å². The van der Waals surface area contributed by atoms with Crippen molar-refractivity contribution in [3.63, 3.8) is 0 Å². The van der Waals surface area contributed by atoms with Crippen molar-refractivity contribution in [2.75, 3.05) is 0 Å². The topological polar surface area (TPSA) is 41.8 Å². The molecule has 1 heterocycles. The quantitative estimate of drug-likeness (QED) is 0.733. The Hall–Kier alpha value is -1.28. The summed E-state index contributed by atoms with van der Waals surface area (Å²) in [7, 11) is 0. The molecule has 1 aromatic heterocycles. The van der Waals surface area contributed by atoms with E-state index < -0.39 is 0 Å². The molecule has 2 rings (SSSR count). The lowest BCUT2D eigenvalue weighted by Crippen LogP contribution is -2.29. The van der Waals surface area contributed by atoms with Crippen LogP contribution in [0.15, 0.2) is 18.2 Å². The standard InChI is InChI=1S/C13H18N2/c1-8-5-6-10-11(7-8)15-9(2)12(10)13(3,4)14/h5-7,15H,14H2,1-4H3. The molecule has 0 unspecified atom stereocenters. The summed E-state index contributed by atoms with van der Waals surface area (Å²) in [6, 6.07) is 6.44. The van der Waals surface area contributed by atoms with Crippen molar-refractivity contribution in [2.24, 2.45) is 5.73 Å². The van der Waals surface area contributed by atoms with Crippen LogP contribution in [-0.4, -0.2) is 4.98 Å². The molecule has 15 heavy (non-hydrogen) atoms. The van der Waals surface area contributed by atoms with Gasteiger partial charge in [-0.15, -0.1) is 0 Å². The second-order valence-corrected chi connectivity index (χ2v) is 4.90. The average Bonchev–Trinajstić information content (AvgIpc) is 2.38. The van der Waals surface area contributed by atoms with Gasteiger partial charge in [-0.05, 0) is 44.9 Å². The average molecular weight is 202 g/mol. The number of aryl methyl sites for hydroxylation is 2. The van der Waals surface area contributed by atoms with Crippen LogP contribution in [0.5, 0.6) is 0 Å². The predicted molar refractivity (Wildman–Crippen MR) is 65.0 cm³/mol. The van der Waals surface area contributed by atoms with E-state index in [2.05, 4.69) is 37.0 Å². The number of H-pyrrole nitrogens is 1. The fourth-order valence-electron chi connectivity index (χ4n) is 2.28. The van der Waals surface area contributed by atoms with E-state index in [-0.39, 0.29) is 5.54 Å². The number of fused-ring (bicyclic) bond motifs is 1. The summed E-state index contributed by atoms with van der Waals surface area (Å²) in [6.45, 7) is 8.27. The minimum Gasteiger partial charge on any atom is -0.358 e. The number of aromatic amines is 1. The smallest absolute Gasteiger partial charge is 0.0462 e. The van der Waals surface area contributed by atoms with Crippen LogP contribution in [0.3, 0.4) is 0 Å². The van der Waals surface area contributed by atoms with E-state index in [0.717, 1.165) is 0 Å². The van der Waals surface area contributed by atoms with E-state index in [0.29, 0.717) is 0 Å². The van der Waals surface area contributed by atoms with Crippen LogP contribution in [0.25, 0.3) is 10.9 Å². The molecular weight excluding hydrogens is 184 g/mol. The van der Waals surface area contributed by atoms with Crippen molar-refractivity contribution in [3.05, 3.63) is 35.0 Å². The molecule has 2 heteroatoms. The van der Waals surface area contributed by atoms with Crippen LogP contribution in [0.1, 0.15) is 30.7 Å². The van der Waals surface area contributed by atoms with Crippen molar-refractivity contribution in [2.45, 2.75) is 33.2 Å². The fraction of sp³-hybridized carbons (Fsp3) is 0.385. The van der Waals surface area contributed by atoms with Gasteiger partial charge in [0.2, 0.25) is 0 Å². The highest BCUT2D eigenvalue weighted by atomic mass is 14.8. The molecule has 3 N–H and O–H groups in total. The zero-order chi connectivity index (χ0) is 11.2. The van der Waals surface area contributed by atoms with E-state index in [4.69, 9.17) is 5.73 Å². The van der Waals surface area contributed by atoms with E-state index in [1.807, 2.05) is 13.8 Å². The Bertz CT molecular complexity index is 501. The van der Waals surface area contributed by atoms with Crippen LogP contribution in [0.4, 0.5) is 0 Å². The van der Waals surface area contributed by atoms with Crippen LogP contribution in [0.2, 0.25) is 0 Å². The molecular formula is C13H18N2. The van der Waals surface area contributed by atoms with E-state index >= 15 is 0 Å². The first kappa shape index (κ1) is 10.2. The third kappa shape index (κ3) is 1.65. The second-order valence-electron chi connectivity index (χ2n) is 4.90. The van der Waals surface area contributed by atoms with Gasteiger partial charge in [-0.2, -0.15) is 0 Å². The van der Waals surface area contributed by atoms with Gasteiger partial charge in [0.25, 0.3) is 0 Å². The number of hydrogen-bond acceptors (Lipinski definition) is 1. The van der Waals surface area contributed by atoms with E-state index in [1.165, 1.54) is 27.7 Å². The molecule has 0 atom stereocenters. The molecule has 2 nitrogen and oxygen atoms in total. The Balaban J connectivity index is 2.80. The summed E-state index contributed by atoms with van der Waals surface area (Å²) in [4.78, 5) is 3.39. The number of nitrogens with one attached hydrogen (secondary N) is 1. The third-order valence-electron chi connectivity index (χ3n) is 2.79. The summed E-state index contributed by atoms with van der Waals surface area (Å²) < 4.78 is 0. The maximum Gasteiger partial charge on any atom is 0.0462 e. The molecule has 0 bridgehead atoms. The van der Waals surface area contributed by atoms with Gasteiger partial charge < -0.3 is 10.7 Å². The minimum atomic E-state index is -0.294. The van der Waals surface area contributed by atoms with E-state index in [1.54, 1.807) is 0 Å². The maximum atomic E-state index is 6.19. The van der Waals surface area contributed by atoms with E-state index in [9.17, 15) is 0 Å². The number of nitrogens with two attached hydrogens (primary N) is 1. The molecule has 0 aliphatic rings. The molecule has 0 fully saturated rings. The highest BCUT2D eigenvalue weighted by Gasteiger charge is 2.21. The molecule has 0 aliphatic heterocycles. The highest BCUT2D eigenvalue weighted by molar-refractivity contribution is 5.86. The molecule has 2 aromatic rings.